The van der Waals surface area contributed by atoms with Crippen LogP contribution in [0.15, 0.2) is 61.1 Å². The molecule has 0 unspecified atom stereocenters. The molecule has 92 valence electrons. The van der Waals surface area contributed by atoms with Crippen LogP contribution in [0, 0.1) is 0 Å². The van der Waals surface area contributed by atoms with Crippen molar-refractivity contribution in [1.29, 1.82) is 0 Å². The van der Waals surface area contributed by atoms with Crippen LogP contribution in [0.5, 0.6) is 0 Å². The molecule has 3 heteroatoms. The van der Waals surface area contributed by atoms with Crippen LogP contribution in [0.2, 0.25) is 0 Å². The molecule has 0 amide bonds. The summed E-state index contributed by atoms with van der Waals surface area (Å²) in [5, 5.41) is 5.49. The lowest BCUT2D eigenvalue weighted by Gasteiger charge is -2.04. The summed E-state index contributed by atoms with van der Waals surface area (Å²) in [5.41, 5.74) is 4.83. The Bertz CT molecular complexity index is 883. The van der Waals surface area contributed by atoms with Crippen LogP contribution in [-0.4, -0.2) is 14.2 Å². The van der Waals surface area contributed by atoms with E-state index < -0.39 is 0 Å². The highest BCUT2D eigenvalue weighted by Gasteiger charge is 2.03. The van der Waals surface area contributed by atoms with E-state index in [2.05, 4.69) is 59.3 Å². The molecule has 0 spiro atoms. The van der Waals surface area contributed by atoms with Crippen molar-refractivity contribution in [3.63, 3.8) is 0 Å². The molecule has 4 rings (SSSR count). The first-order valence-corrected chi connectivity index (χ1v) is 6.30. The van der Waals surface area contributed by atoms with Gasteiger partial charge in [-0.1, -0.05) is 6.07 Å². The van der Waals surface area contributed by atoms with E-state index in [1.165, 1.54) is 22.0 Å². The van der Waals surface area contributed by atoms with E-state index >= 15 is 0 Å². The Balaban J connectivity index is 1.92. The molecule has 4 aromatic rings. The van der Waals surface area contributed by atoms with Gasteiger partial charge in [0.25, 0.3) is 0 Å². The maximum atomic E-state index is 4.22. The second kappa shape index (κ2) is 3.72. The lowest BCUT2D eigenvalue weighted by atomic mass is 10.0. The number of hydrogen-bond donors (Lipinski definition) is 0. The van der Waals surface area contributed by atoms with Gasteiger partial charge in [0.05, 0.1) is 5.52 Å². The average molecular weight is 247 g/mol. The van der Waals surface area contributed by atoms with Crippen molar-refractivity contribution in [2.45, 2.75) is 0 Å². The molecule has 0 saturated heterocycles. The Labute approximate surface area is 110 Å². The summed E-state index contributed by atoms with van der Waals surface area (Å²) in [4.78, 5) is 0. The molecule has 19 heavy (non-hydrogen) atoms. The second-order valence-electron chi connectivity index (χ2n) is 4.82. The zero-order valence-electron chi connectivity index (χ0n) is 10.6. The van der Waals surface area contributed by atoms with Gasteiger partial charge in [0.15, 0.2) is 0 Å². The summed E-state index contributed by atoms with van der Waals surface area (Å²) in [5.74, 6) is 0. The highest BCUT2D eigenvalue weighted by molar-refractivity contribution is 5.86. The van der Waals surface area contributed by atoms with Crippen molar-refractivity contribution in [2.24, 2.45) is 7.05 Å². The SMILES string of the molecule is Cn1ccc2cc(-c3ccn4nccc4c3)ccc21. The molecule has 0 radical (unpaired) electrons. The summed E-state index contributed by atoms with van der Waals surface area (Å²) >= 11 is 0. The molecular weight excluding hydrogens is 234 g/mol. The van der Waals surface area contributed by atoms with Crippen LogP contribution >= 0.6 is 0 Å². The number of benzene rings is 1. The summed E-state index contributed by atoms with van der Waals surface area (Å²) in [6, 6.07) is 15.0. The zero-order valence-corrected chi connectivity index (χ0v) is 10.6. The Kier molecular flexibility index (Phi) is 2.03. The Morgan fingerprint density at radius 1 is 0.895 bits per heavy atom. The van der Waals surface area contributed by atoms with Gasteiger partial charge in [0.1, 0.15) is 0 Å². The van der Waals surface area contributed by atoms with Crippen LogP contribution < -0.4 is 0 Å². The fourth-order valence-corrected chi connectivity index (χ4v) is 2.56. The van der Waals surface area contributed by atoms with Gasteiger partial charge in [0, 0.05) is 36.5 Å². The third-order valence-electron chi connectivity index (χ3n) is 3.62. The Morgan fingerprint density at radius 2 is 1.79 bits per heavy atom. The topological polar surface area (TPSA) is 22.2 Å². The highest BCUT2D eigenvalue weighted by atomic mass is 15.2. The van der Waals surface area contributed by atoms with Crippen LogP contribution in [-0.2, 0) is 7.05 Å². The molecule has 0 N–H and O–H groups in total. The first-order chi connectivity index (χ1) is 9.31. The van der Waals surface area contributed by atoms with E-state index in [9.17, 15) is 0 Å². The van der Waals surface area contributed by atoms with Crippen molar-refractivity contribution in [1.82, 2.24) is 14.2 Å². The number of rotatable bonds is 1. The smallest absolute Gasteiger partial charge is 0.0667 e. The third kappa shape index (κ3) is 1.55. The first-order valence-electron chi connectivity index (χ1n) is 6.30. The number of nitrogens with zero attached hydrogens (tertiary/aromatic N) is 3. The molecule has 3 nitrogen and oxygen atoms in total. The van der Waals surface area contributed by atoms with Crippen molar-refractivity contribution < 1.29 is 0 Å². The second-order valence-corrected chi connectivity index (χ2v) is 4.82. The molecule has 3 heterocycles. The van der Waals surface area contributed by atoms with Crippen LogP contribution in [0.1, 0.15) is 0 Å². The largest absolute Gasteiger partial charge is 0.351 e. The Hall–Kier alpha value is -2.55. The maximum Gasteiger partial charge on any atom is 0.0667 e. The van der Waals surface area contributed by atoms with Gasteiger partial charge in [0.2, 0.25) is 0 Å². The predicted octanol–water partition coefficient (Wildman–Crippen LogP) is 3.49. The van der Waals surface area contributed by atoms with Crippen molar-refractivity contribution in [3.05, 3.63) is 61.1 Å². The van der Waals surface area contributed by atoms with E-state index in [1.807, 2.05) is 23.0 Å². The lowest BCUT2D eigenvalue weighted by molar-refractivity contribution is 0.962. The van der Waals surface area contributed by atoms with E-state index in [4.69, 9.17) is 0 Å². The van der Waals surface area contributed by atoms with Crippen LogP contribution in [0.25, 0.3) is 27.5 Å². The van der Waals surface area contributed by atoms with E-state index in [-0.39, 0.29) is 0 Å². The van der Waals surface area contributed by atoms with Gasteiger partial charge < -0.3 is 4.57 Å². The fraction of sp³-hybridized carbons (Fsp3) is 0.0625. The summed E-state index contributed by atoms with van der Waals surface area (Å²) in [7, 11) is 2.07. The highest BCUT2D eigenvalue weighted by Crippen LogP contribution is 2.25. The van der Waals surface area contributed by atoms with Gasteiger partial charge >= 0.3 is 0 Å². The van der Waals surface area contributed by atoms with Crippen LogP contribution in [0.4, 0.5) is 0 Å². The number of hydrogen-bond acceptors (Lipinski definition) is 1. The molecule has 0 saturated carbocycles. The van der Waals surface area contributed by atoms with E-state index in [0.717, 1.165) is 5.52 Å². The molecule has 3 aromatic heterocycles. The van der Waals surface area contributed by atoms with Gasteiger partial charge in [-0.05, 0) is 47.5 Å². The average Bonchev–Trinajstić information content (AvgIpc) is 3.04. The zero-order chi connectivity index (χ0) is 12.8. The standard InChI is InChI=1S/C16H13N3/c1-18-8-5-14-10-12(2-3-16(14)18)13-6-9-19-15(11-13)4-7-17-19/h2-11H,1H3. The summed E-state index contributed by atoms with van der Waals surface area (Å²) < 4.78 is 4.02. The third-order valence-corrected chi connectivity index (χ3v) is 3.62. The molecular formula is C16H13N3. The summed E-state index contributed by atoms with van der Waals surface area (Å²) in [6.07, 6.45) is 5.91. The maximum absolute atomic E-state index is 4.22. The quantitative estimate of drug-likeness (QED) is 0.504. The minimum absolute atomic E-state index is 1.12. The van der Waals surface area contributed by atoms with Crippen molar-refractivity contribution >= 4 is 16.4 Å². The number of aryl methyl sites for hydroxylation is 1. The predicted molar refractivity (Wildman–Crippen MR) is 77.1 cm³/mol. The normalized spacial score (nSPS) is 11.4. The molecule has 0 bridgehead atoms. The molecule has 0 fully saturated rings. The van der Waals surface area contributed by atoms with Gasteiger partial charge in [-0.2, -0.15) is 5.10 Å². The van der Waals surface area contributed by atoms with Crippen molar-refractivity contribution in [3.8, 4) is 11.1 Å². The number of fused-ring (bicyclic) bond motifs is 2. The lowest BCUT2D eigenvalue weighted by Crippen LogP contribution is -1.87. The van der Waals surface area contributed by atoms with Gasteiger partial charge in [-0.25, -0.2) is 4.52 Å². The molecule has 1 aromatic carbocycles. The van der Waals surface area contributed by atoms with Crippen molar-refractivity contribution in [2.75, 3.05) is 0 Å². The van der Waals surface area contributed by atoms with E-state index in [1.54, 1.807) is 0 Å². The number of pyridine rings is 1. The Morgan fingerprint density at radius 3 is 2.74 bits per heavy atom. The fourth-order valence-electron chi connectivity index (χ4n) is 2.56. The number of aromatic nitrogens is 3. The molecule has 0 aliphatic rings. The molecule has 0 aliphatic heterocycles. The minimum atomic E-state index is 1.12. The molecule has 0 aliphatic carbocycles. The van der Waals surface area contributed by atoms with Gasteiger partial charge in [-0.3, -0.25) is 0 Å². The first kappa shape index (κ1) is 10.4. The van der Waals surface area contributed by atoms with Gasteiger partial charge in [-0.15, -0.1) is 0 Å². The van der Waals surface area contributed by atoms with Crippen LogP contribution in [0.3, 0.4) is 0 Å². The monoisotopic (exact) mass is 247 g/mol. The summed E-state index contributed by atoms with van der Waals surface area (Å²) in [6.45, 7) is 0. The minimum Gasteiger partial charge on any atom is -0.351 e. The molecule has 0 atom stereocenters. The van der Waals surface area contributed by atoms with E-state index in [0.29, 0.717) is 0 Å².